The van der Waals surface area contributed by atoms with Crippen LogP contribution in [0.15, 0.2) is 48.5 Å². The average molecular weight is 318 g/mol. The third-order valence-corrected chi connectivity index (χ3v) is 3.27. The summed E-state index contributed by atoms with van der Waals surface area (Å²) in [5.41, 5.74) is 2.06. The number of rotatable bonds is 4. The van der Waals surface area contributed by atoms with Gasteiger partial charge in [0.25, 0.3) is 5.91 Å². The van der Waals surface area contributed by atoms with E-state index in [0.717, 1.165) is 5.56 Å². The number of hydrogen-bond donors (Lipinski definition) is 1. The Morgan fingerprint density at radius 3 is 2.45 bits per heavy atom. The number of amides is 1. The summed E-state index contributed by atoms with van der Waals surface area (Å²) in [6, 6.07) is 13.7. The maximum absolute atomic E-state index is 12.0. The second-order valence-corrected chi connectivity index (χ2v) is 5.35. The van der Waals surface area contributed by atoms with Gasteiger partial charge >= 0.3 is 5.97 Å². The molecule has 0 heterocycles. The van der Waals surface area contributed by atoms with Crippen molar-refractivity contribution in [1.29, 1.82) is 0 Å². The molecule has 0 unspecified atom stereocenters. The van der Waals surface area contributed by atoms with Crippen LogP contribution in [0.3, 0.4) is 0 Å². The molecule has 0 radical (unpaired) electrons. The third-order valence-electron chi connectivity index (χ3n) is 3.03. The first kappa shape index (κ1) is 16.0. The summed E-state index contributed by atoms with van der Waals surface area (Å²) in [5, 5.41) is 3.13. The number of anilines is 1. The molecule has 114 valence electrons. The normalized spacial score (nSPS) is 11.6. The van der Waals surface area contributed by atoms with Crippen molar-refractivity contribution >= 4 is 29.2 Å². The quantitative estimate of drug-likeness (QED) is 0.872. The number of carbonyl (C=O) groups is 2. The first-order chi connectivity index (χ1) is 10.5. The molecular formula is C17H16ClNO3. The number of aryl methyl sites for hydroxylation is 1. The summed E-state index contributed by atoms with van der Waals surface area (Å²) in [6.07, 6.45) is -0.909. The van der Waals surface area contributed by atoms with Crippen LogP contribution in [-0.4, -0.2) is 18.0 Å². The van der Waals surface area contributed by atoms with Crippen LogP contribution in [0.5, 0.6) is 0 Å². The van der Waals surface area contributed by atoms with Crippen LogP contribution in [0.2, 0.25) is 5.02 Å². The van der Waals surface area contributed by atoms with Crippen LogP contribution < -0.4 is 5.32 Å². The molecule has 0 saturated carbocycles. The summed E-state index contributed by atoms with van der Waals surface area (Å²) in [6.45, 7) is 3.48. The van der Waals surface area contributed by atoms with Crippen LogP contribution in [-0.2, 0) is 9.53 Å². The topological polar surface area (TPSA) is 55.4 Å². The molecule has 2 aromatic carbocycles. The number of halogens is 1. The molecule has 2 rings (SSSR count). The smallest absolute Gasteiger partial charge is 0.338 e. The highest BCUT2D eigenvalue weighted by atomic mass is 35.5. The second-order valence-electron chi connectivity index (χ2n) is 4.91. The fraction of sp³-hybridized carbons (Fsp3) is 0.176. The minimum atomic E-state index is -0.909. The lowest BCUT2D eigenvalue weighted by molar-refractivity contribution is -0.123. The van der Waals surface area contributed by atoms with Crippen molar-refractivity contribution in [3.8, 4) is 0 Å². The lowest BCUT2D eigenvalue weighted by Crippen LogP contribution is -2.30. The number of nitrogens with one attached hydrogen (secondary N) is 1. The molecule has 4 nitrogen and oxygen atoms in total. The molecule has 22 heavy (non-hydrogen) atoms. The maximum Gasteiger partial charge on any atom is 0.338 e. The van der Waals surface area contributed by atoms with Gasteiger partial charge in [0.1, 0.15) is 0 Å². The van der Waals surface area contributed by atoms with Gasteiger partial charge < -0.3 is 10.1 Å². The summed E-state index contributed by atoms with van der Waals surface area (Å²) in [7, 11) is 0. The van der Waals surface area contributed by atoms with Gasteiger partial charge in [0.15, 0.2) is 6.10 Å². The standard InChI is InChI=1S/C17H16ClNO3/c1-11-6-8-15(9-7-11)19-16(20)12(2)22-17(21)13-4-3-5-14(18)10-13/h3-10,12H,1-2H3,(H,19,20)/t12-/m0/s1. The lowest BCUT2D eigenvalue weighted by Gasteiger charge is -2.13. The summed E-state index contributed by atoms with van der Waals surface area (Å²) < 4.78 is 5.14. The van der Waals surface area contributed by atoms with E-state index in [1.54, 1.807) is 30.3 Å². The van der Waals surface area contributed by atoms with E-state index in [4.69, 9.17) is 16.3 Å². The van der Waals surface area contributed by atoms with Crippen molar-refractivity contribution in [3.05, 3.63) is 64.7 Å². The van der Waals surface area contributed by atoms with Crippen molar-refractivity contribution in [2.75, 3.05) is 5.32 Å². The molecule has 2 aromatic rings. The van der Waals surface area contributed by atoms with E-state index in [2.05, 4.69) is 5.32 Å². The maximum atomic E-state index is 12.0. The molecule has 0 aliphatic rings. The van der Waals surface area contributed by atoms with Crippen LogP contribution in [0.4, 0.5) is 5.69 Å². The molecule has 0 aliphatic heterocycles. The van der Waals surface area contributed by atoms with Crippen LogP contribution in [0, 0.1) is 6.92 Å². The highest BCUT2D eigenvalue weighted by Crippen LogP contribution is 2.13. The summed E-state index contributed by atoms with van der Waals surface area (Å²) in [5.74, 6) is -0.978. The molecule has 0 aliphatic carbocycles. The summed E-state index contributed by atoms with van der Waals surface area (Å²) in [4.78, 5) is 24.0. The molecule has 0 bridgehead atoms. The minimum Gasteiger partial charge on any atom is -0.449 e. The van der Waals surface area contributed by atoms with E-state index in [1.165, 1.54) is 13.0 Å². The average Bonchev–Trinajstić information content (AvgIpc) is 2.49. The Labute approximate surface area is 134 Å². The van der Waals surface area contributed by atoms with E-state index in [9.17, 15) is 9.59 Å². The molecule has 5 heteroatoms. The van der Waals surface area contributed by atoms with Gasteiger partial charge in [0, 0.05) is 10.7 Å². The van der Waals surface area contributed by atoms with Gasteiger partial charge in [-0.3, -0.25) is 4.79 Å². The number of benzene rings is 2. The minimum absolute atomic E-state index is 0.308. The van der Waals surface area contributed by atoms with Crippen LogP contribution >= 0.6 is 11.6 Å². The zero-order valence-corrected chi connectivity index (χ0v) is 13.1. The first-order valence-corrected chi connectivity index (χ1v) is 7.17. The molecule has 0 spiro atoms. The Morgan fingerprint density at radius 2 is 1.82 bits per heavy atom. The number of hydrogen-bond acceptors (Lipinski definition) is 3. The van der Waals surface area contributed by atoms with Crippen LogP contribution in [0.25, 0.3) is 0 Å². The monoisotopic (exact) mass is 317 g/mol. The molecule has 0 aromatic heterocycles. The van der Waals surface area contributed by atoms with Gasteiger partial charge in [-0.2, -0.15) is 0 Å². The van der Waals surface area contributed by atoms with Crippen molar-refractivity contribution < 1.29 is 14.3 Å². The number of carbonyl (C=O) groups excluding carboxylic acids is 2. The van der Waals surface area contributed by atoms with Gasteiger partial charge in [0.2, 0.25) is 0 Å². The van der Waals surface area contributed by atoms with E-state index < -0.39 is 12.1 Å². The molecule has 1 amide bonds. The predicted octanol–water partition coefficient (Wildman–Crippen LogP) is 3.83. The Bertz CT molecular complexity index is 683. The van der Waals surface area contributed by atoms with Crippen molar-refractivity contribution in [3.63, 3.8) is 0 Å². The second kappa shape index (κ2) is 7.09. The van der Waals surface area contributed by atoms with E-state index in [-0.39, 0.29) is 5.91 Å². The Kier molecular flexibility index (Phi) is 5.17. The largest absolute Gasteiger partial charge is 0.449 e. The molecule has 0 fully saturated rings. The fourth-order valence-electron chi connectivity index (χ4n) is 1.78. The molecule has 0 saturated heterocycles. The zero-order chi connectivity index (χ0) is 16.1. The van der Waals surface area contributed by atoms with Gasteiger partial charge in [-0.1, -0.05) is 35.4 Å². The van der Waals surface area contributed by atoms with Crippen LogP contribution in [0.1, 0.15) is 22.8 Å². The van der Waals surface area contributed by atoms with Crippen molar-refractivity contribution in [2.24, 2.45) is 0 Å². The van der Waals surface area contributed by atoms with E-state index in [0.29, 0.717) is 16.3 Å². The fourth-order valence-corrected chi connectivity index (χ4v) is 1.97. The Balaban J connectivity index is 1.96. The third kappa shape index (κ3) is 4.33. The lowest BCUT2D eigenvalue weighted by atomic mass is 10.2. The number of esters is 1. The highest BCUT2D eigenvalue weighted by Gasteiger charge is 2.19. The molecular weight excluding hydrogens is 302 g/mol. The molecule has 1 atom stereocenters. The van der Waals surface area contributed by atoms with Gasteiger partial charge in [-0.05, 0) is 44.2 Å². The SMILES string of the molecule is Cc1ccc(NC(=O)[C@H](C)OC(=O)c2cccc(Cl)c2)cc1. The zero-order valence-electron chi connectivity index (χ0n) is 12.3. The van der Waals surface area contributed by atoms with Gasteiger partial charge in [0.05, 0.1) is 5.56 Å². The highest BCUT2D eigenvalue weighted by molar-refractivity contribution is 6.30. The first-order valence-electron chi connectivity index (χ1n) is 6.80. The van der Waals surface area contributed by atoms with E-state index in [1.807, 2.05) is 19.1 Å². The van der Waals surface area contributed by atoms with Gasteiger partial charge in [-0.25, -0.2) is 4.79 Å². The van der Waals surface area contributed by atoms with E-state index >= 15 is 0 Å². The summed E-state index contributed by atoms with van der Waals surface area (Å²) >= 11 is 5.82. The van der Waals surface area contributed by atoms with Crippen molar-refractivity contribution in [2.45, 2.75) is 20.0 Å². The van der Waals surface area contributed by atoms with Gasteiger partial charge in [-0.15, -0.1) is 0 Å². The Hall–Kier alpha value is -2.33. The molecule has 1 N–H and O–H groups in total. The Morgan fingerprint density at radius 1 is 1.14 bits per heavy atom. The number of ether oxygens (including phenoxy) is 1. The predicted molar refractivity (Wildman–Crippen MR) is 86.1 cm³/mol. The van der Waals surface area contributed by atoms with Crippen molar-refractivity contribution in [1.82, 2.24) is 0 Å².